The molecule has 5 heteroatoms. The Bertz CT molecular complexity index is 580. The fourth-order valence-corrected chi connectivity index (χ4v) is 2.98. The second kappa shape index (κ2) is 8.15. The van der Waals surface area contributed by atoms with Gasteiger partial charge in [0.15, 0.2) is 0 Å². The molecule has 2 aromatic rings. The fraction of sp³-hybridized carbons (Fsp3) is 0.375. The second-order valence-corrected chi connectivity index (χ2v) is 6.32. The van der Waals surface area contributed by atoms with Crippen LogP contribution in [-0.2, 0) is 17.6 Å². The summed E-state index contributed by atoms with van der Waals surface area (Å²) in [5.74, 6) is 0.117. The topological polar surface area (TPSA) is 42.0 Å². The molecule has 0 radical (unpaired) electrons. The van der Waals surface area contributed by atoms with E-state index in [0.29, 0.717) is 13.0 Å². The zero-order valence-corrected chi connectivity index (χ0v) is 13.6. The van der Waals surface area contributed by atoms with Crippen LogP contribution in [0.5, 0.6) is 0 Å². The largest absolute Gasteiger partial charge is 0.356 e. The first kappa shape index (κ1) is 16.0. The molecule has 1 amide bonds. The van der Waals surface area contributed by atoms with E-state index in [2.05, 4.69) is 10.3 Å². The molecule has 1 N–H and O–H groups in total. The molecular formula is C16H19ClN2OS. The molecule has 112 valence electrons. The smallest absolute Gasteiger partial charge is 0.220 e. The average molecular weight is 323 g/mol. The van der Waals surface area contributed by atoms with Crippen LogP contribution in [0.3, 0.4) is 0 Å². The van der Waals surface area contributed by atoms with Gasteiger partial charge in [0.05, 0.1) is 11.2 Å². The van der Waals surface area contributed by atoms with E-state index in [1.165, 1.54) is 10.4 Å². The Morgan fingerprint density at radius 1 is 1.29 bits per heavy atom. The molecule has 0 saturated heterocycles. The molecule has 0 saturated carbocycles. The van der Waals surface area contributed by atoms with Crippen LogP contribution >= 0.6 is 22.9 Å². The zero-order chi connectivity index (χ0) is 15.1. The van der Waals surface area contributed by atoms with Crippen molar-refractivity contribution in [2.45, 2.75) is 32.6 Å². The minimum atomic E-state index is 0.117. The Balaban J connectivity index is 1.61. The van der Waals surface area contributed by atoms with E-state index in [0.717, 1.165) is 30.0 Å². The Morgan fingerprint density at radius 2 is 2.05 bits per heavy atom. The predicted octanol–water partition coefficient (Wildman–Crippen LogP) is 3.79. The summed E-state index contributed by atoms with van der Waals surface area (Å²) in [7, 11) is 0. The highest BCUT2D eigenvalue weighted by atomic mass is 35.5. The van der Waals surface area contributed by atoms with Crippen molar-refractivity contribution in [3.63, 3.8) is 0 Å². The second-order valence-electron chi connectivity index (χ2n) is 4.94. The third kappa shape index (κ3) is 5.48. The van der Waals surface area contributed by atoms with Crippen molar-refractivity contribution in [1.82, 2.24) is 10.3 Å². The van der Waals surface area contributed by atoms with Gasteiger partial charge in [0.1, 0.15) is 0 Å². The summed E-state index contributed by atoms with van der Waals surface area (Å²) in [6.07, 6.45) is 3.18. The van der Waals surface area contributed by atoms with E-state index in [1.807, 2.05) is 36.7 Å². The van der Waals surface area contributed by atoms with E-state index in [-0.39, 0.29) is 5.91 Å². The quantitative estimate of drug-likeness (QED) is 0.842. The van der Waals surface area contributed by atoms with Crippen LogP contribution in [0, 0.1) is 6.92 Å². The molecule has 0 atom stereocenters. The summed E-state index contributed by atoms with van der Waals surface area (Å²) in [6, 6.07) is 7.78. The van der Waals surface area contributed by atoms with Gasteiger partial charge >= 0.3 is 0 Å². The van der Waals surface area contributed by atoms with E-state index < -0.39 is 0 Å². The van der Waals surface area contributed by atoms with E-state index in [4.69, 9.17) is 11.6 Å². The van der Waals surface area contributed by atoms with Crippen LogP contribution in [0.1, 0.15) is 29.0 Å². The number of nitrogens with zero attached hydrogens (tertiary/aromatic N) is 1. The monoisotopic (exact) mass is 322 g/mol. The van der Waals surface area contributed by atoms with Gasteiger partial charge < -0.3 is 5.32 Å². The van der Waals surface area contributed by atoms with E-state index >= 15 is 0 Å². The molecule has 1 aromatic heterocycles. The first-order valence-corrected chi connectivity index (χ1v) is 8.31. The minimum absolute atomic E-state index is 0.117. The molecule has 0 aliphatic heterocycles. The number of aromatic nitrogens is 1. The highest BCUT2D eigenvalue weighted by Gasteiger charge is 2.04. The summed E-state index contributed by atoms with van der Waals surface area (Å²) in [5.41, 5.74) is 4.13. The summed E-state index contributed by atoms with van der Waals surface area (Å²) < 4.78 is 0. The third-order valence-electron chi connectivity index (χ3n) is 3.30. The average Bonchev–Trinajstić information content (AvgIpc) is 2.87. The molecule has 0 fully saturated rings. The van der Waals surface area contributed by atoms with Gasteiger partial charge in [-0.3, -0.25) is 4.79 Å². The molecule has 3 nitrogen and oxygen atoms in total. The molecule has 0 bridgehead atoms. The van der Waals surface area contributed by atoms with Crippen molar-refractivity contribution in [1.29, 1.82) is 0 Å². The highest BCUT2D eigenvalue weighted by molar-refractivity contribution is 7.09. The lowest BCUT2D eigenvalue weighted by Crippen LogP contribution is -2.25. The number of halogens is 1. The van der Waals surface area contributed by atoms with Gasteiger partial charge in [0.25, 0.3) is 0 Å². The molecule has 0 spiro atoms. The minimum Gasteiger partial charge on any atom is -0.356 e. The molecule has 0 aliphatic carbocycles. The first-order chi connectivity index (χ1) is 10.1. The van der Waals surface area contributed by atoms with Crippen LogP contribution in [-0.4, -0.2) is 17.4 Å². The maximum absolute atomic E-state index is 11.8. The number of hydrogen-bond donors (Lipinski definition) is 1. The van der Waals surface area contributed by atoms with Gasteiger partial charge in [0, 0.05) is 29.3 Å². The standard InChI is InChI=1S/C16H19ClN2OS/c1-12-15(21-11-19-12)9-10-18-16(20)4-2-3-13-5-7-14(17)8-6-13/h5-8,11H,2-4,9-10H2,1H3,(H,18,20). The molecule has 0 aliphatic rings. The van der Waals surface area contributed by atoms with Crippen LogP contribution in [0.25, 0.3) is 0 Å². The number of aryl methyl sites for hydroxylation is 2. The molecule has 1 heterocycles. The van der Waals surface area contributed by atoms with Crippen molar-refractivity contribution in [2.75, 3.05) is 6.54 Å². The summed E-state index contributed by atoms with van der Waals surface area (Å²) in [6.45, 7) is 2.68. The number of amides is 1. The number of thiazole rings is 1. The summed E-state index contributed by atoms with van der Waals surface area (Å²) >= 11 is 7.48. The molecular weight excluding hydrogens is 304 g/mol. The normalized spacial score (nSPS) is 10.6. The third-order valence-corrected chi connectivity index (χ3v) is 4.55. The lowest BCUT2D eigenvalue weighted by atomic mass is 10.1. The molecule has 0 unspecified atom stereocenters. The number of hydrogen-bond acceptors (Lipinski definition) is 3. The summed E-state index contributed by atoms with van der Waals surface area (Å²) in [5, 5.41) is 3.71. The Morgan fingerprint density at radius 3 is 2.71 bits per heavy atom. The van der Waals surface area contributed by atoms with Crippen LogP contribution < -0.4 is 5.32 Å². The van der Waals surface area contributed by atoms with E-state index in [9.17, 15) is 4.79 Å². The van der Waals surface area contributed by atoms with Gasteiger partial charge in [-0.15, -0.1) is 11.3 Å². The van der Waals surface area contributed by atoms with Crippen LogP contribution in [0.2, 0.25) is 5.02 Å². The van der Waals surface area contributed by atoms with Gasteiger partial charge in [-0.2, -0.15) is 0 Å². The zero-order valence-electron chi connectivity index (χ0n) is 12.1. The number of nitrogens with one attached hydrogen (secondary N) is 1. The fourth-order valence-electron chi connectivity index (χ4n) is 2.07. The van der Waals surface area contributed by atoms with Crippen LogP contribution in [0.15, 0.2) is 29.8 Å². The van der Waals surface area contributed by atoms with Crippen molar-refractivity contribution in [3.8, 4) is 0 Å². The molecule has 2 rings (SSSR count). The lowest BCUT2D eigenvalue weighted by Gasteiger charge is -2.05. The van der Waals surface area contributed by atoms with Crippen molar-refractivity contribution in [3.05, 3.63) is 50.9 Å². The number of carbonyl (C=O) groups is 1. The lowest BCUT2D eigenvalue weighted by molar-refractivity contribution is -0.121. The maximum Gasteiger partial charge on any atom is 0.220 e. The number of benzene rings is 1. The Labute approximate surface area is 134 Å². The van der Waals surface area contributed by atoms with Crippen molar-refractivity contribution >= 4 is 28.8 Å². The highest BCUT2D eigenvalue weighted by Crippen LogP contribution is 2.13. The van der Waals surface area contributed by atoms with Crippen molar-refractivity contribution < 1.29 is 4.79 Å². The summed E-state index contributed by atoms with van der Waals surface area (Å²) in [4.78, 5) is 17.2. The van der Waals surface area contributed by atoms with Crippen LogP contribution in [0.4, 0.5) is 0 Å². The number of carbonyl (C=O) groups excluding carboxylic acids is 1. The van der Waals surface area contributed by atoms with Gasteiger partial charge in [-0.05, 0) is 37.5 Å². The van der Waals surface area contributed by atoms with Crippen molar-refractivity contribution in [2.24, 2.45) is 0 Å². The Hall–Kier alpha value is -1.39. The van der Waals surface area contributed by atoms with Gasteiger partial charge in [-0.1, -0.05) is 23.7 Å². The van der Waals surface area contributed by atoms with Gasteiger partial charge in [-0.25, -0.2) is 4.98 Å². The SMILES string of the molecule is Cc1ncsc1CCNC(=O)CCCc1ccc(Cl)cc1. The van der Waals surface area contributed by atoms with Gasteiger partial charge in [0.2, 0.25) is 5.91 Å². The Kier molecular flexibility index (Phi) is 6.21. The number of rotatable bonds is 7. The van der Waals surface area contributed by atoms with E-state index in [1.54, 1.807) is 11.3 Å². The molecule has 21 heavy (non-hydrogen) atoms. The maximum atomic E-state index is 11.8. The predicted molar refractivity (Wildman–Crippen MR) is 88.0 cm³/mol. The molecule has 1 aromatic carbocycles. The first-order valence-electron chi connectivity index (χ1n) is 7.05.